The van der Waals surface area contributed by atoms with Crippen molar-refractivity contribution in [1.29, 1.82) is 0 Å². The van der Waals surface area contributed by atoms with Gasteiger partial charge < -0.3 is 20.1 Å². The van der Waals surface area contributed by atoms with Gasteiger partial charge in [-0.25, -0.2) is 8.42 Å². The van der Waals surface area contributed by atoms with Gasteiger partial charge in [-0.1, -0.05) is 6.07 Å². The molecule has 9 nitrogen and oxygen atoms in total. The zero-order valence-electron chi connectivity index (χ0n) is 17.1. The Balaban J connectivity index is 1.58. The molecule has 0 unspecified atom stereocenters. The van der Waals surface area contributed by atoms with E-state index in [1.807, 2.05) is 5.38 Å². The molecular weight excluding hydrogens is 442 g/mol. The van der Waals surface area contributed by atoms with E-state index in [0.717, 1.165) is 0 Å². The minimum atomic E-state index is -3.70. The van der Waals surface area contributed by atoms with E-state index in [1.54, 1.807) is 12.1 Å². The van der Waals surface area contributed by atoms with Crippen molar-refractivity contribution in [3.8, 4) is 5.75 Å². The quantitative estimate of drug-likeness (QED) is 0.545. The molecule has 0 radical (unpaired) electrons. The summed E-state index contributed by atoms with van der Waals surface area (Å²) in [4.78, 5) is 25.0. The van der Waals surface area contributed by atoms with Gasteiger partial charge in [-0.15, -0.1) is 11.3 Å². The van der Waals surface area contributed by atoms with E-state index < -0.39 is 10.0 Å². The SMILES string of the molecule is COc1ccc(S(=O)(=O)N2CCOCC2)cc1NC(=O)CCCNC(=O)c1cccs1. The lowest BCUT2D eigenvalue weighted by atomic mass is 10.2. The molecule has 1 aliphatic heterocycles. The van der Waals surface area contributed by atoms with Crippen molar-refractivity contribution in [2.24, 2.45) is 0 Å². The minimum absolute atomic E-state index is 0.0775. The molecule has 2 N–H and O–H groups in total. The van der Waals surface area contributed by atoms with Crippen LogP contribution in [-0.4, -0.2) is 64.5 Å². The fraction of sp³-hybridized carbons (Fsp3) is 0.400. The number of benzene rings is 1. The van der Waals surface area contributed by atoms with Crippen LogP contribution in [0.1, 0.15) is 22.5 Å². The van der Waals surface area contributed by atoms with Gasteiger partial charge in [-0.05, 0) is 36.1 Å². The van der Waals surface area contributed by atoms with Crippen molar-refractivity contribution >= 4 is 38.9 Å². The number of rotatable bonds is 9. The maximum absolute atomic E-state index is 12.9. The number of nitrogens with zero attached hydrogens (tertiary/aromatic N) is 1. The van der Waals surface area contributed by atoms with Gasteiger partial charge in [-0.3, -0.25) is 9.59 Å². The fourth-order valence-corrected chi connectivity index (χ4v) is 5.11. The topological polar surface area (TPSA) is 114 Å². The maximum atomic E-state index is 12.9. The van der Waals surface area contributed by atoms with Crippen molar-refractivity contribution in [3.05, 3.63) is 40.6 Å². The number of amides is 2. The van der Waals surface area contributed by atoms with Crippen LogP contribution in [0.15, 0.2) is 40.6 Å². The van der Waals surface area contributed by atoms with Gasteiger partial charge >= 0.3 is 0 Å². The van der Waals surface area contributed by atoms with Crippen molar-refractivity contribution in [2.75, 3.05) is 45.3 Å². The summed E-state index contributed by atoms with van der Waals surface area (Å²) in [5.74, 6) is -0.108. The zero-order chi connectivity index (χ0) is 22.3. The van der Waals surface area contributed by atoms with E-state index in [1.165, 1.54) is 41.0 Å². The maximum Gasteiger partial charge on any atom is 0.261 e. The number of nitrogens with one attached hydrogen (secondary N) is 2. The van der Waals surface area contributed by atoms with Crippen LogP contribution in [0.25, 0.3) is 0 Å². The number of sulfonamides is 1. The Morgan fingerprint density at radius 2 is 2.00 bits per heavy atom. The van der Waals surface area contributed by atoms with E-state index in [2.05, 4.69) is 10.6 Å². The van der Waals surface area contributed by atoms with Crippen LogP contribution in [0.5, 0.6) is 5.75 Å². The molecule has 1 aromatic carbocycles. The number of anilines is 1. The number of hydrogen-bond acceptors (Lipinski definition) is 7. The molecule has 1 fully saturated rings. The van der Waals surface area contributed by atoms with Crippen LogP contribution in [0.4, 0.5) is 5.69 Å². The van der Waals surface area contributed by atoms with Gasteiger partial charge in [0.15, 0.2) is 0 Å². The summed E-state index contributed by atoms with van der Waals surface area (Å²) in [6, 6.07) is 7.91. The van der Waals surface area contributed by atoms with Crippen LogP contribution in [0.2, 0.25) is 0 Å². The van der Waals surface area contributed by atoms with Gasteiger partial charge in [0.25, 0.3) is 5.91 Å². The summed E-state index contributed by atoms with van der Waals surface area (Å²) < 4.78 is 37.6. The Kier molecular flexibility index (Phi) is 8.02. The first-order chi connectivity index (χ1) is 14.9. The second-order valence-electron chi connectivity index (χ2n) is 6.76. The van der Waals surface area contributed by atoms with E-state index in [0.29, 0.717) is 36.8 Å². The summed E-state index contributed by atoms with van der Waals surface area (Å²) in [6.07, 6.45) is 0.603. The third kappa shape index (κ3) is 6.03. The third-order valence-corrected chi connectivity index (χ3v) is 7.43. The summed E-state index contributed by atoms with van der Waals surface area (Å²) >= 11 is 1.35. The Morgan fingerprint density at radius 1 is 1.23 bits per heavy atom. The molecule has 168 valence electrons. The van der Waals surface area contributed by atoms with Crippen molar-refractivity contribution in [3.63, 3.8) is 0 Å². The number of morpholine rings is 1. The molecule has 11 heteroatoms. The smallest absolute Gasteiger partial charge is 0.261 e. The van der Waals surface area contributed by atoms with Crippen LogP contribution < -0.4 is 15.4 Å². The molecule has 0 atom stereocenters. The molecule has 1 saturated heterocycles. The number of ether oxygens (including phenoxy) is 2. The zero-order valence-corrected chi connectivity index (χ0v) is 18.8. The third-order valence-electron chi connectivity index (χ3n) is 4.66. The van der Waals surface area contributed by atoms with Crippen LogP contribution >= 0.6 is 11.3 Å². The summed E-state index contributed by atoms with van der Waals surface area (Å²) in [5, 5.41) is 7.30. The lowest BCUT2D eigenvalue weighted by Crippen LogP contribution is -2.40. The second-order valence-corrected chi connectivity index (χ2v) is 9.65. The molecule has 3 rings (SSSR count). The Labute approximate surface area is 185 Å². The average molecular weight is 468 g/mol. The number of thiophene rings is 1. The summed E-state index contributed by atoms with van der Waals surface area (Å²) in [5.41, 5.74) is 0.282. The lowest BCUT2D eigenvalue weighted by Gasteiger charge is -2.26. The predicted octanol–water partition coefficient (Wildman–Crippen LogP) is 1.93. The molecule has 0 spiro atoms. The molecule has 31 heavy (non-hydrogen) atoms. The molecule has 1 aromatic heterocycles. The van der Waals surface area contributed by atoms with Gasteiger partial charge in [0.2, 0.25) is 15.9 Å². The fourth-order valence-electron chi connectivity index (χ4n) is 3.04. The van der Waals surface area contributed by atoms with Crippen molar-refractivity contribution in [1.82, 2.24) is 9.62 Å². The highest BCUT2D eigenvalue weighted by molar-refractivity contribution is 7.89. The number of methoxy groups -OCH3 is 1. The summed E-state index contributed by atoms with van der Waals surface area (Å²) in [6.45, 7) is 1.62. The van der Waals surface area contributed by atoms with E-state index in [4.69, 9.17) is 9.47 Å². The standard InChI is InChI=1S/C20H25N3O6S2/c1-28-17-7-6-15(31(26,27)23-9-11-29-12-10-23)14-16(17)22-19(24)5-2-8-21-20(25)18-4-3-13-30-18/h3-4,6-7,13-14H,2,5,8-12H2,1H3,(H,21,25)(H,22,24). The van der Waals surface area contributed by atoms with E-state index in [-0.39, 0.29) is 41.9 Å². The minimum Gasteiger partial charge on any atom is -0.495 e. The summed E-state index contributed by atoms with van der Waals surface area (Å²) in [7, 11) is -2.25. The second kappa shape index (κ2) is 10.7. The highest BCUT2D eigenvalue weighted by Gasteiger charge is 2.27. The number of carbonyl (C=O) groups is 2. The Bertz CT molecular complexity index is 1000. The monoisotopic (exact) mass is 467 g/mol. The molecule has 0 aliphatic carbocycles. The molecule has 2 heterocycles. The van der Waals surface area contributed by atoms with Crippen LogP contribution in [0.3, 0.4) is 0 Å². The van der Waals surface area contributed by atoms with Crippen molar-refractivity contribution in [2.45, 2.75) is 17.7 Å². The Morgan fingerprint density at radius 3 is 2.68 bits per heavy atom. The predicted molar refractivity (Wildman–Crippen MR) is 117 cm³/mol. The first-order valence-electron chi connectivity index (χ1n) is 9.79. The number of hydrogen-bond donors (Lipinski definition) is 2. The Hall–Kier alpha value is -2.47. The molecule has 2 aromatic rings. The number of carbonyl (C=O) groups excluding carboxylic acids is 2. The highest BCUT2D eigenvalue weighted by atomic mass is 32.2. The molecular formula is C20H25N3O6S2. The molecule has 1 aliphatic rings. The van der Waals surface area contributed by atoms with Gasteiger partial charge in [-0.2, -0.15) is 4.31 Å². The van der Waals surface area contributed by atoms with Crippen molar-refractivity contribution < 1.29 is 27.5 Å². The first-order valence-corrected chi connectivity index (χ1v) is 12.1. The van der Waals surface area contributed by atoms with Crippen LogP contribution in [-0.2, 0) is 19.6 Å². The van der Waals surface area contributed by atoms with E-state index in [9.17, 15) is 18.0 Å². The van der Waals surface area contributed by atoms with Gasteiger partial charge in [0.05, 0.1) is 35.8 Å². The molecule has 2 amide bonds. The van der Waals surface area contributed by atoms with Gasteiger partial charge in [0, 0.05) is 26.1 Å². The lowest BCUT2D eigenvalue weighted by molar-refractivity contribution is -0.116. The largest absolute Gasteiger partial charge is 0.495 e. The first kappa shape index (κ1) is 23.2. The molecule has 0 saturated carbocycles. The van der Waals surface area contributed by atoms with E-state index >= 15 is 0 Å². The molecule has 0 bridgehead atoms. The van der Waals surface area contributed by atoms with Gasteiger partial charge in [0.1, 0.15) is 5.75 Å². The highest BCUT2D eigenvalue weighted by Crippen LogP contribution is 2.29. The average Bonchev–Trinajstić information content (AvgIpc) is 3.32. The normalized spacial score (nSPS) is 14.7. The van der Waals surface area contributed by atoms with Crippen LogP contribution in [0, 0.1) is 0 Å².